The second kappa shape index (κ2) is 4.16. The fraction of sp³-hybridized carbons (Fsp3) is 0.462. The van der Waals surface area contributed by atoms with E-state index in [1.54, 1.807) is 0 Å². The van der Waals surface area contributed by atoms with Crippen LogP contribution in [0.2, 0.25) is 0 Å². The fourth-order valence-electron chi connectivity index (χ4n) is 2.21. The van der Waals surface area contributed by atoms with E-state index in [1.165, 1.54) is 5.56 Å². The third-order valence-electron chi connectivity index (χ3n) is 3.01. The van der Waals surface area contributed by atoms with Gasteiger partial charge < -0.3 is 10.6 Å². The maximum atomic E-state index is 12.1. The number of carbonyl (C=O) groups is 1. The summed E-state index contributed by atoms with van der Waals surface area (Å²) >= 11 is 0. The highest BCUT2D eigenvalue weighted by molar-refractivity contribution is 5.98. The van der Waals surface area contributed by atoms with Gasteiger partial charge in [-0.05, 0) is 24.5 Å². The van der Waals surface area contributed by atoms with Gasteiger partial charge in [-0.25, -0.2) is 0 Å². The molecule has 1 amide bonds. The average molecular weight is 218 g/mol. The van der Waals surface area contributed by atoms with E-state index in [0.29, 0.717) is 5.69 Å². The molecule has 16 heavy (non-hydrogen) atoms. The van der Waals surface area contributed by atoms with Crippen molar-refractivity contribution in [1.82, 2.24) is 0 Å². The molecule has 2 rings (SSSR count). The number of fused-ring (bicyclic) bond motifs is 1. The number of nitrogen functional groups attached to an aromatic ring is 1. The number of aryl methyl sites for hydroxylation is 1. The number of hydrogen-bond donors (Lipinski definition) is 1. The van der Waals surface area contributed by atoms with Crippen molar-refractivity contribution < 1.29 is 4.79 Å². The Morgan fingerprint density at radius 1 is 1.44 bits per heavy atom. The molecule has 0 saturated carbocycles. The van der Waals surface area contributed by atoms with Crippen molar-refractivity contribution in [2.75, 3.05) is 17.2 Å². The lowest BCUT2D eigenvalue weighted by Crippen LogP contribution is -2.38. The van der Waals surface area contributed by atoms with E-state index in [2.05, 4.69) is 6.07 Å². The molecular weight excluding hydrogens is 200 g/mol. The highest BCUT2D eigenvalue weighted by Crippen LogP contribution is 2.33. The largest absolute Gasteiger partial charge is 0.397 e. The average Bonchev–Trinajstić information content (AvgIpc) is 2.27. The SMILES string of the molecule is CC(C)C(=O)N1CCCc2cccc(N)c21. The first-order valence-corrected chi connectivity index (χ1v) is 5.80. The van der Waals surface area contributed by atoms with Gasteiger partial charge in [-0.3, -0.25) is 4.79 Å². The van der Waals surface area contributed by atoms with E-state index in [0.717, 1.165) is 25.1 Å². The summed E-state index contributed by atoms with van der Waals surface area (Å²) in [6, 6.07) is 5.88. The highest BCUT2D eigenvalue weighted by Gasteiger charge is 2.25. The Balaban J connectivity index is 2.43. The van der Waals surface area contributed by atoms with Crippen LogP contribution in [0.5, 0.6) is 0 Å². The number of para-hydroxylation sites is 1. The van der Waals surface area contributed by atoms with E-state index in [4.69, 9.17) is 5.73 Å². The van der Waals surface area contributed by atoms with Crippen LogP contribution in [0, 0.1) is 5.92 Å². The van der Waals surface area contributed by atoms with Crippen molar-refractivity contribution >= 4 is 17.3 Å². The van der Waals surface area contributed by atoms with Gasteiger partial charge in [-0.15, -0.1) is 0 Å². The highest BCUT2D eigenvalue weighted by atomic mass is 16.2. The molecule has 0 spiro atoms. The van der Waals surface area contributed by atoms with Crippen molar-refractivity contribution in [3.63, 3.8) is 0 Å². The number of amides is 1. The molecular formula is C13H18N2O. The summed E-state index contributed by atoms with van der Waals surface area (Å²) in [7, 11) is 0. The molecule has 0 aliphatic carbocycles. The van der Waals surface area contributed by atoms with Gasteiger partial charge in [0.15, 0.2) is 0 Å². The molecule has 2 N–H and O–H groups in total. The van der Waals surface area contributed by atoms with Gasteiger partial charge in [-0.1, -0.05) is 26.0 Å². The molecule has 0 atom stereocenters. The van der Waals surface area contributed by atoms with Gasteiger partial charge in [0.05, 0.1) is 11.4 Å². The van der Waals surface area contributed by atoms with Crippen LogP contribution in [0.15, 0.2) is 18.2 Å². The zero-order valence-electron chi connectivity index (χ0n) is 9.86. The number of carbonyl (C=O) groups excluding carboxylic acids is 1. The van der Waals surface area contributed by atoms with Gasteiger partial charge in [-0.2, -0.15) is 0 Å². The molecule has 1 aliphatic heterocycles. The van der Waals surface area contributed by atoms with E-state index < -0.39 is 0 Å². The minimum Gasteiger partial charge on any atom is -0.397 e. The zero-order valence-corrected chi connectivity index (χ0v) is 9.86. The topological polar surface area (TPSA) is 46.3 Å². The molecule has 3 heteroatoms. The van der Waals surface area contributed by atoms with Crippen LogP contribution < -0.4 is 10.6 Å². The predicted molar refractivity (Wildman–Crippen MR) is 66.4 cm³/mol. The van der Waals surface area contributed by atoms with Gasteiger partial charge in [0, 0.05) is 12.5 Å². The van der Waals surface area contributed by atoms with Crippen LogP contribution in [-0.4, -0.2) is 12.5 Å². The second-order valence-corrected chi connectivity index (χ2v) is 4.60. The lowest BCUT2D eigenvalue weighted by Gasteiger charge is -2.31. The molecule has 0 unspecified atom stereocenters. The molecule has 0 saturated heterocycles. The summed E-state index contributed by atoms with van der Waals surface area (Å²) in [5.74, 6) is 0.185. The van der Waals surface area contributed by atoms with Gasteiger partial charge in [0.1, 0.15) is 0 Å². The molecule has 1 aromatic rings. The summed E-state index contributed by atoms with van der Waals surface area (Å²) in [6.45, 7) is 4.64. The number of nitrogens with two attached hydrogens (primary N) is 1. The van der Waals surface area contributed by atoms with Crippen LogP contribution in [-0.2, 0) is 11.2 Å². The minimum absolute atomic E-state index is 0.0190. The second-order valence-electron chi connectivity index (χ2n) is 4.60. The minimum atomic E-state index is 0.0190. The summed E-state index contributed by atoms with van der Waals surface area (Å²) in [5, 5.41) is 0. The molecule has 86 valence electrons. The summed E-state index contributed by atoms with van der Waals surface area (Å²) in [5.41, 5.74) is 8.82. The Hall–Kier alpha value is -1.51. The van der Waals surface area contributed by atoms with Crippen LogP contribution in [0.3, 0.4) is 0 Å². The molecule has 3 nitrogen and oxygen atoms in total. The number of benzene rings is 1. The number of rotatable bonds is 1. The zero-order chi connectivity index (χ0) is 11.7. The lowest BCUT2D eigenvalue weighted by molar-refractivity contribution is -0.121. The molecule has 1 heterocycles. The fourth-order valence-corrected chi connectivity index (χ4v) is 2.21. The van der Waals surface area contributed by atoms with Crippen molar-refractivity contribution in [2.45, 2.75) is 26.7 Å². The Labute approximate surface area is 96.2 Å². The molecule has 1 aliphatic rings. The first-order valence-electron chi connectivity index (χ1n) is 5.80. The van der Waals surface area contributed by atoms with Gasteiger partial charge >= 0.3 is 0 Å². The molecule has 0 radical (unpaired) electrons. The van der Waals surface area contributed by atoms with Crippen molar-refractivity contribution in [1.29, 1.82) is 0 Å². The smallest absolute Gasteiger partial charge is 0.229 e. The maximum Gasteiger partial charge on any atom is 0.229 e. The predicted octanol–water partition coefficient (Wildman–Crippen LogP) is 2.20. The Morgan fingerprint density at radius 2 is 2.19 bits per heavy atom. The van der Waals surface area contributed by atoms with Crippen LogP contribution >= 0.6 is 0 Å². The standard InChI is InChI=1S/C13H18N2O/c1-9(2)13(16)15-8-4-6-10-5-3-7-11(14)12(10)15/h3,5,7,9H,4,6,8,14H2,1-2H3. The van der Waals surface area contributed by atoms with E-state index in [-0.39, 0.29) is 11.8 Å². The summed E-state index contributed by atoms with van der Waals surface area (Å²) < 4.78 is 0. The molecule has 0 bridgehead atoms. The van der Waals surface area contributed by atoms with E-state index >= 15 is 0 Å². The Kier molecular flexibility index (Phi) is 2.86. The molecule has 0 aromatic heterocycles. The van der Waals surface area contributed by atoms with Gasteiger partial charge in [0.2, 0.25) is 5.91 Å². The van der Waals surface area contributed by atoms with Crippen LogP contribution in [0.25, 0.3) is 0 Å². The third kappa shape index (κ3) is 1.77. The van der Waals surface area contributed by atoms with Gasteiger partial charge in [0.25, 0.3) is 0 Å². The first kappa shape index (κ1) is 11.0. The van der Waals surface area contributed by atoms with Crippen molar-refractivity contribution in [3.8, 4) is 0 Å². The first-order chi connectivity index (χ1) is 7.61. The van der Waals surface area contributed by atoms with E-state index in [9.17, 15) is 4.79 Å². The normalized spacial score (nSPS) is 15.1. The van der Waals surface area contributed by atoms with Crippen LogP contribution in [0.1, 0.15) is 25.8 Å². The quantitative estimate of drug-likeness (QED) is 0.734. The lowest BCUT2D eigenvalue weighted by atomic mass is 9.99. The summed E-state index contributed by atoms with van der Waals surface area (Å²) in [6.07, 6.45) is 2.04. The van der Waals surface area contributed by atoms with Crippen molar-refractivity contribution in [3.05, 3.63) is 23.8 Å². The summed E-state index contributed by atoms with van der Waals surface area (Å²) in [4.78, 5) is 13.9. The molecule has 1 aromatic carbocycles. The monoisotopic (exact) mass is 218 g/mol. The molecule has 0 fully saturated rings. The Morgan fingerprint density at radius 3 is 2.88 bits per heavy atom. The number of nitrogens with zero attached hydrogens (tertiary/aromatic N) is 1. The maximum absolute atomic E-state index is 12.1. The number of hydrogen-bond acceptors (Lipinski definition) is 2. The number of anilines is 2. The van der Waals surface area contributed by atoms with E-state index in [1.807, 2.05) is 30.9 Å². The Bertz CT molecular complexity index is 412. The van der Waals surface area contributed by atoms with Crippen molar-refractivity contribution in [2.24, 2.45) is 5.92 Å². The third-order valence-corrected chi connectivity index (χ3v) is 3.01. The van der Waals surface area contributed by atoms with Crippen LogP contribution in [0.4, 0.5) is 11.4 Å².